The number of H-pyrrole nitrogens is 1. The second-order valence-electron chi connectivity index (χ2n) is 6.42. The number of furan rings is 1. The van der Waals surface area contributed by atoms with Crippen molar-refractivity contribution in [2.24, 2.45) is 10.9 Å². The number of carbonyl (C=O) groups is 1. The van der Waals surface area contributed by atoms with Crippen molar-refractivity contribution in [1.29, 1.82) is 0 Å². The number of carbonyl (C=O) groups excluding carboxylic acids is 1. The Morgan fingerprint density at radius 1 is 1.27 bits per heavy atom. The maximum atomic E-state index is 12.9. The Hall–Kier alpha value is -2.89. The normalized spacial score (nSPS) is 19.2. The molecule has 6 nitrogen and oxygen atoms in total. The van der Waals surface area contributed by atoms with E-state index in [1.54, 1.807) is 12.5 Å². The smallest absolute Gasteiger partial charge is 0.315 e. The number of fused-ring (bicyclic) bond motifs is 2. The van der Waals surface area contributed by atoms with E-state index < -0.39 is 5.92 Å². The highest BCUT2D eigenvalue weighted by Gasteiger charge is 2.41. The van der Waals surface area contributed by atoms with Crippen LogP contribution in [0.2, 0.25) is 0 Å². The molecular weight excluding hydrogens is 330 g/mol. The van der Waals surface area contributed by atoms with Crippen LogP contribution in [0.3, 0.4) is 0 Å². The number of nitrogens with zero attached hydrogens (tertiary/aromatic N) is 2. The lowest BCUT2D eigenvalue weighted by molar-refractivity contribution is -0.146. The standard InChI is InChI=1S/C20H21N3O3/c1-3-6-15-17(20(24)25-4-2)16(14-11-21-23-19(14)22-15)13-8-5-7-12-9-10-26-18(12)13/h5,7-11,16-17H,3-4,6H2,1-2H3,(H,21,23). The van der Waals surface area contributed by atoms with Gasteiger partial charge in [0.2, 0.25) is 0 Å². The minimum absolute atomic E-state index is 0.239. The van der Waals surface area contributed by atoms with Gasteiger partial charge < -0.3 is 9.15 Å². The van der Waals surface area contributed by atoms with E-state index in [4.69, 9.17) is 14.1 Å². The summed E-state index contributed by atoms with van der Waals surface area (Å²) >= 11 is 0. The molecule has 6 heteroatoms. The van der Waals surface area contributed by atoms with Crippen molar-refractivity contribution in [3.8, 4) is 0 Å². The van der Waals surface area contributed by atoms with Crippen LogP contribution >= 0.6 is 0 Å². The lowest BCUT2D eigenvalue weighted by Crippen LogP contribution is -2.34. The van der Waals surface area contributed by atoms with Crippen molar-refractivity contribution in [1.82, 2.24) is 10.2 Å². The molecule has 1 aromatic carbocycles. The average Bonchev–Trinajstić information content (AvgIpc) is 3.29. The summed E-state index contributed by atoms with van der Waals surface area (Å²) in [6, 6.07) is 7.93. The van der Waals surface area contributed by atoms with Gasteiger partial charge in [-0.2, -0.15) is 5.10 Å². The van der Waals surface area contributed by atoms with Crippen LogP contribution in [-0.2, 0) is 9.53 Å². The van der Waals surface area contributed by atoms with Crippen molar-refractivity contribution in [3.05, 3.63) is 47.9 Å². The molecule has 1 aliphatic rings. The van der Waals surface area contributed by atoms with E-state index in [1.807, 2.05) is 31.2 Å². The van der Waals surface area contributed by atoms with Gasteiger partial charge in [-0.25, -0.2) is 4.99 Å². The number of benzene rings is 1. The molecule has 0 amide bonds. The van der Waals surface area contributed by atoms with E-state index in [0.29, 0.717) is 12.4 Å². The number of aromatic nitrogens is 2. The van der Waals surface area contributed by atoms with E-state index in [-0.39, 0.29) is 11.9 Å². The van der Waals surface area contributed by atoms with Gasteiger partial charge in [-0.15, -0.1) is 0 Å². The summed E-state index contributed by atoms with van der Waals surface area (Å²) < 4.78 is 11.2. The molecule has 1 aliphatic heterocycles. The monoisotopic (exact) mass is 351 g/mol. The number of aromatic amines is 1. The van der Waals surface area contributed by atoms with Crippen LogP contribution in [0.5, 0.6) is 0 Å². The second-order valence-corrected chi connectivity index (χ2v) is 6.42. The highest BCUT2D eigenvalue weighted by Crippen LogP contribution is 2.44. The molecule has 2 aromatic heterocycles. The predicted molar refractivity (Wildman–Crippen MR) is 98.8 cm³/mol. The van der Waals surface area contributed by atoms with Crippen LogP contribution < -0.4 is 0 Å². The Morgan fingerprint density at radius 2 is 2.15 bits per heavy atom. The molecule has 2 atom stereocenters. The molecule has 0 aliphatic carbocycles. The zero-order valence-electron chi connectivity index (χ0n) is 14.9. The van der Waals surface area contributed by atoms with Gasteiger partial charge >= 0.3 is 5.97 Å². The van der Waals surface area contributed by atoms with Crippen molar-refractivity contribution < 1.29 is 13.9 Å². The van der Waals surface area contributed by atoms with E-state index >= 15 is 0 Å². The number of ether oxygens (including phenoxy) is 1. The van der Waals surface area contributed by atoms with Gasteiger partial charge in [-0.1, -0.05) is 31.5 Å². The summed E-state index contributed by atoms with van der Waals surface area (Å²) in [4.78, 5) is 17.6. The number of hydrogen-bond donors (Lipinski definition) is 1. The van der Waals surface area contributed by atoms with Crippen LogP contribution in [0.25, 0.3) is 11.0 Å². The quantitative estimate of drug-likeness (QED) is 0.693. The molecule has 1 N–H and O–H groups in total. The molecule has 26 heavy (non-hydrogen) atoms. The third-order valence-electron chi connectivity index (χ3n) is 4.82. The first-order chi connectivity index (χ1) is 12.7. The van der Waals surface area contributed by atoms with Crippen LogP contribution in [0.15, 0.2) is 46.1 Å². The minimum atomic E-state index is -0.476. The molecule has 0 spiro atoms. The van der Waals surface area contributed by atoms with E-state index in [1.165, 1.54) is 0 Å². The Balaban J connectivity index is 1.92. The summed E-state index contributed by atoms with van der Waals surface area (Å²) in [5, 5.41) is 8.13. The minimum Gasteiger partial charge on any atom is -0.465 e. The van der Waals surface area contributed by atoms with Crippen LogP contribution in [0.1, 0.15) is 43.7 Å². The predicted octanol–water partition coefficient (Wildman–Crippen LogP) is 4.35. The fraction of sp³-hybridized carbons (Fsp3) is 0.350. The number of nitrogens with one attached hydrogen (secondary N) is 1. The van der Waals surface area contributed by atoms with Crippen molar-refractivity contribution in [2.75, 3.05) is 6.61 Å². The molecular formula is C20H21N3O3. The number of hydrogen-bond acceptors (Lipinski definition) is 5. The van der Waals surface area contributed by atoms with E-state index in [0.717, 1.165) is 40.6 Å². The summed E-state index contributed by atoms with van der Waals surface area (Å²) in [7, 11) is 0. The molecule has 0 bridgehead atoms. The van der Waals surface area contributed by atoms with Gasteiger partial charge in [0.1, 0.15) is 11.5 Å². The maximum Gasteiger partial charge on any atom is 0.315 e. The van der Waals surface area contributed by atoms with Crippen LogP contribution in [-0.4, -0.2) is 28.5 Å². The Kier molecular flexibility index (Phi) is 4.32. The molecule has 0 saturated heterocycles. The highest BCUT2D eigenvalue weighted by molar-refractivity contribution is 6.06. The van der Waals surface area contributed by atoms with Crippen LogP contribution in [0.4, 0.5) is 5.82 Å². The Bertz CT molecular complexity index is 970. The molecule has 0 saturated carbocycles. The summed E-state index contributed by atoms with van der Waals surface area (Å²) in [5.74, 6) is -0.255. The third-order valence-corrected chi connectivity index (χ3v) is 4.82. The number of para-hydroxylation sites is 1. The summed E-state index contributed by atoms with van der Waals surface area (Å²) in [5.41, 5.74) is 3.47. The number of rotatable bonds is 5. The van der Waals surface area contributed by atoms with Crippen LogP contribution in [0, 0.1) is 5.92 Å². The lowest BCUT2D eigenvalue weighted by atomic mass is 9.76. The number of esters is 1. The van der Waals surface area contributed by atoms with Gasteiger partial charge in [0.05, 0.1) is 19.1 Å². The van der Waals surface area contributed by atoms with E-state index in [2.05, 4.69) is 17.1 Å². The molecule has 3 aromatic rings. The molecule has 0 radical (unpaired) electrons. The fourth-order valence-electron chi connectivity index (χ4n) is 3.77. The summed E-state index contributed by atoms with van der Waals surface area (Å²) in [6.45, 7) is 4.24. The first-order valence-corrected chi connectivity index (χ1v) is 8.98. The van der Waals surface area contributed by atoms with Crippen molar-refractivity contribution in [3.63, 3.8) is 0 Å². The van der Waals surface area contributed by atoms with Crippen molar-refractivity contribution >= 4 is 28.5 Å². The van der Waals surface area contributed by atoms with Crippen molar-refractivity contribution in [2.45, 2.75) is 32.6 Å². The Labute approximate surface area is 151 Å². The number of aliphatic imine (C=N–C) groups is 1. The SMILES string of the molecule is CCCC1=Nc2[nH]ncc2C(c2cccc3ccoc23)C1C(=O)OCC. The molecule has 2 unspecified atom stereocenters. The molecule has 134 valence electrons. The highest BCUT2D eigenvalue weighted by atomic mass is 16.5. The van der Waals surface area contributed by atoms with Gasteiger partial charge in [-0.3, -0.25) is 9.89 Å². The summed E-state index contributed by atoms with van der Waals surface area (Å²) in [6.07, 6.45) is 5.05. The van der Waals surface area contributed by atoms with Gasteiger partial charge in [0.25, 0.3) is 0 Å². The first kappa shape index (κ1) is 16.6. The second kappa shape index (κ2) is 6.78. The van der Waals surface area contributed by atoms with Gasteiger partial charge in [-0.05, 0) is 19.4 Å². The largest absolute Gasteiger partial charge is 0.465 e. The first-order valence-electron chi connectivity index (χ1n) is 8.98. The molecule has 3 heterocycles. The Morgan fingerprint density at radius 3 is 2.96 bits per heavy atom. The lowest BCUT2D eigenvalue weighted by Gasteiger charge is -2.30. The fourth-order valence-corrected chi connectivity index (χ4v) is 3.77. The average molecular weight is 351 g/mol. The third kappa shape index (κ3) is 2.62. The van der Waals surface area contributed by atoms with Gasteiger partial charge in [0, 0.05) is 28.1 Å². The molecule has 0 fully saturated rings. The van der Waals surface area contributed by atoms with Gasteiger partial charge in [0.15, 0.2) is 5.82 Å². The van der Waals surface area contributed by atoms with E-state index in [9.17, 15) is 4.79 Å². The zero-order valence-corrected chi connectivity index (χ0v) is 14.9. The molecule has 4 rings (SSSR count). The zero-order chi connectivity index (χ0) is 18.1. The topological polar surface area (TPSA) is 80.5 Å². The maximum absolute atomic E-state index is 12.9.